The topological polar surface area (TPSA) is 41.3 Å². The minimum atomic E-state index is 0.00623. The quantitative estimate of drug-likeness (QED) is 0.706. The van der Waals surface area contributed by atoms with Crippen molar-refractivity contribution in [1.29, 1.82) is 0 Å². The van der Waals surface area contributed by atoms with Crippen molar-refractivity contribution in [2.75, 3.05) is 7.05 Å². The van der Waals surface area contributed by atoms with Crippen LogP contribution in [0.4, 0.5) is 0 Å². The minimum Gasteiger partial charge on any atom is -0.314 e. The molecule has 1 aromatic rings. The van der Waals surface area contributed by atoms with Crippen LogP contribution in [0.3, 0.4) is 0 Å². The molecule has 0 bridgehead atoms. The second-order valence-corrected chi connectivity index (χ2v) is 4.28. The predicted octanol–water partition coefficient (Wildman–Crippen LogP) is 1.46. The summed E-state index contributed by atoms with van der Waals surface area (Å²) in [6, 6.07) is 0. The molecule has 74 valence electrons. The molecule has 0 aliphatic carbocycles. The maximum absolute atomic E-state index is 9.01. The molecule has 0 aromatic carbocycles. The zero-order valence-corrected chi connectivity index (χ0v) is 8.65. The lowest BCUT2D eigenvalue weighted by molar-refractivity contribution is -0.0731. The van der Waals surface area contributed by atoms with E-state index in [4.69, 9.17) is 5.21 Å². The molecule has 4 nitrogen and oxygen atoms in total. The van der Waals surface area contributed by atoms with Crippen molar-refractivity contribution < 1.29 is 5.21 Å². The predicted molar refractivity (Wildman–Crippen MR) is 50.5 cm³/mol. The van der Waals surface area contributed by atoms with Crippen LogP contribution in [-0.2, 0) is 12.1 Å². The molecule has 0 spiro atoms. The first-order chi connectivity index (χ1) is 5.89. The van der Waals surface area contributed by atoms with Gasteiger partial charge in [0.1, 0.15) is 0 Å². The van der Waals surface area contributed by atoms with Gasteiger partial charge in [0.15, 0.2) is 0 Å². The van der Waals surface area contributed by atoms with Gasteiger partial charge < -0.3 is 5.21 Å². The number of hydrogen-bond acceptors (Lipinski definition) is 3. The first-order valence-corrected chi connectivity index (χ1v) is 4.33. The minimum absolute atomic E-state index is 0.00623. The fraction of sp³-hybridized carbons (Fsp3) is 0.667. The summed E-state index contributed by atoms with van der Waals surface area (Å²) in [6.45, 7) is 6.78. The number of nitrogens with zero attached hydrogens (tertiary/aromatic N) is 3. The largest absolute Gasteiger partial charge is 0.314 e. The summed E-state index contributed by atoms with van der Waals surface area (Å²) in [5.74, 6) is 0. The molecule has 0 atom stereocenters. The third-order valence-electron chi connectivity index (χ3n) is 1.73. The first kappa shape index (κ1) is 10.2. The Morgan fingerprint density at radius 1 is 1.54 bits per heavy atom. The van der Waals surface area contributed by atoms with Gasteiger partial charge in [-0.2, -0.15) is 10.2 Å². The number of aromatic nitrogens is 2. The van der Waals surface area contributed by atoms with E-state index < -0.39 is 0 Å². The monoisotopic (exact) mass is 183 g/mol. The Kier molecular flexibility index (Phi) is 2.73. The van der Waals surface area contributed by atoms with Gasteiger partial charge in [0, 0.05) is 18.8 Å². The van der Waals surface area contributed by atoms with E-state index in [9.17, 15) is 0 Å². The molecule has 13 heavy (non-hydrogen) atoms. The maximum Gasteiger partial charge on any atom is 0.0543 e. The summed E-state index contributed by atoms with van der Waals surface area (Å²) in [4.78, 5) is 0. The molecule has 4 heteroatoms. The Balaban J connectivity index is 2.75. The van der Waals surface area contributed by atoms with Gasteiger partial charge in [-0.3, -0.25) is 4.68 Å². The van der Waals surface area contributed by atoms with Crippen LogP contribution in [0, 0.1) is 0 Å². The fourth-order valence-corrected chi connectivity index (χ4v) is 1.07. The van der Waals surface area contributed by atoms with Gasteiger partial charge in [-0.1, -0.05) is 0 Å². The summed E-state index contributed by atoms with van der Waals surface area (Å²) in [5.41, 5.74) is 1.02. The highest BCUT2D eigenvalue weighted by atomic mass is 16.5. The number of rotatable bonds is 2. The van der Waals surface area contributed by atoms with Crippen molar-refractivity contribution in [2.24, 2.45) is 0 Å². The zero-order chi connectivity index (χ0) is 10.1. The van der Waals surface area contributed by atoms with Crippen LogP contribution in [0.15, 0.2) is 12.4 Å². The van der Waals surface area contributed by atoms with Gasteiger partial charge in [0.25, 0.3) is 0 Å². The molecule has 0 unspecified atom stereocenters. The Labute approximate surface area is 78.7 Å². The van der Waals surface area contributed by atoms with E-state index in [0.717, 1.165) is 10.6 Å². The third kappa shape index (κ3) is 2.82. The Morgan fingerprint density at radius 2 is 2.15 bits per heavy atom. The lowest BCUT2D eigenvalue weighted by atomic mass is 10.1. The van der Waals surface area contributed by atoms with Crippen molar-refractivity contribution in [2.45, 2.75) is 32.9 Å². The number of hydrogen-bond donors (Lipinski definition) is 1. The summed E-state index contributed by atoms with van der Waals surface area (Å²) in [5, 5.41) is 14.4. The average molecular weight is 183 g/mol. The van der Waals surface area contributed by atoms with Gasteiger partial charge in [-0.05, 0) is 20.8 Å². The third-order valence-corrected chi connectivity index (χ3v) is 1.73. The van der Waals surface area contributed by atoms with Gasteiger partial charge in [-0.25, -0.2) is 0 Å². The molecule has 0 aliphatic heterocycles. The lowest BCUT2D eigenvalue weighted by Crippen LogP contribution is -2.22. The van der Waals surface area contributed by atoms with E-state index in [2.05, 4.69) is 25.9 Å². The zero-order valence-electron chi connectivity index (χ0n) is 8.65. The molecule has 0 aliphatic rings. The molecule has 1 heterocycles. The second-order valence-electron chi connectivity index (χ2n) is 4.28. The van der Waals surface area contributed by atoms with Crippen molar-refractivity contribution in [1.82, 2.24) is 14.8 Å². The van der Waals surface area contributed by atoms with E-state index in [1.807, 2.05) is 10.9 Å². The number of hydroxylamine groups is 2. The second kappa shape index (κ2) is 3.47. The van der Waals surface area contributed by atoms with Crippen LogP contribution in [-0.4, -0.2) is 27.1 Å². The smallest absolute Gasteiger partial charge is 0.0543 e. The van der Waals surface area contributed by atoms with E-state index in [-0.39, 0.29) is 5.54 Å². The molecular formula is C9H17N3O. The van der Waals surface area contributed by atoms with Crippen molar-refractivity contribution >= 4 is 0 Å². The van der Waals surface area contributed by atoms with Gasteiger partial charge in [-0.15, -0.1) is 0 Å². The molecule has 0 amide bonds. The molecule has 1 aromatic heterocycles. The Hall–Kier alpha value is -0.870. The van der Waals surface area contributed by atoms with Crippen LogP contribution in [0.2, 0.25) is 0 Å². The average Bonchev–Trinajstić information content (AvgIpc) is 2.32. The van der Waals surface area contributed by atoms with Gasteiger partial charge in [0.05, 0.1) is 18.3 Å². The van der Waals surface area contributed by atoms with Crippen LogP contribution in [0.5, 0.6) is 0 Å². The van der Waals surface area contributed by atoms with E-state index in [1.165, 1.54) is 0 Å². The highest BCUT2D eigenvalue weighted by Crippen LogP contribution is 2.13. The van der Waals surface area contributed by atoms with E-state index in [0.29, 0.717) is 6.54 Å². The molecule has 0 fully saturated rings. The lowest BCUT2D eigenvalue weighted by Gasteiger charge is -2.18. The molecule has 0 radical (unpaired) electrons. The highest BCUT2D eigenvalue weighted by Gasteiger charge is 2.13. The van der Waals surface area contributed by atoms with Gasteiger partial charge >= 0.3 is 0 Å². The van der Waals surface area contributed by atoms with E-state index in [1.54, 1.807) is 13.2 Å². The van der Waals surface area contributed by atoms with Crippen LogP contribution >= 0.6 is 0 Å². The summed E-state index contributed by atoms with van der Waals surface area (Å²) >= 11 is 0. The van der Waals surface area contributed by atoms with Crippen LogP contribution in [0.25, 0.3) is 0 Å². The molecule has 1 rings (SSSR count). The molecule has 0 saturated carbocycles. The maximum atomic E-state index is 9.01. The van der Waals surface area contributed by atoms with E-state index >= 15 is 0 Å². The van der Waals surface area contributed by atoms with Crippen LogP contribution < -0.4 is 0 Å². The molecule has 1 N–H and O–H groups in total. The standard InChI is InChI=1S/C9H17N3O/c1-9(2,3)12-7-8(5-10-12)6-11(4)13/h5,7,13H,6H2,1-4H3. The van der Waals surface area contributed by atoms with Crippen molar-refractivity contribution in [3.8, 4) is 0 Å². The Bertz CT molecular complexity index is 273. The summed E-state index contributed by atoms with van der Waals surface area (Å²) in [7, 11) is 1.62. The van der Waals surface area contributed by atoms with Crippen molar-refractivity contribution in [3.63, 3.8) is 0 Å². The SMILES string of the molecule is CN(O)Cc1cnn(C(C)(C)C)c1. The highest BCUT2D eigenvalue weighted by molar-refractivity contribution is 5.04. The summed E-state index contributed by atoms with van der Waals surface area (Å²) in [6.07, 6.45) is 3.73. The van der Waals surface area contributed by atoms with Crippen LogP contribution in [0.1, 0.15) is 26.3 Å². The summed E-state index contributed by atoms with van der Waals surface area (Å²) < 4.78 is 1.89. The normalized spacial score (nSPS) is 12.5. The molecule has 0 saturated heterocycles. The Morgan fingerprint density at radius 3 is 2.54 bits per heavy atom. The fourth-order valence-electron chi connectivity index (χ4n) is 1.07. The first-order valence-electron chi connectivity index (χ1n) is 4.33. The van der Waals surface area contributed by atoms with Gasteiger partial charge in [0.2, 0.25) is 0 Å². The molecular weight excluding hydrogens is 166 g/mol. The van der Waals surface area contributed by atoms with Crippen molar-refractivity contribution in [3.05, 3.63) is 18.0 Å².